The summed E-state index contributed by atoms with van der Waals surface area (Å²) < 4.78 is 5.50. The van der Waals surface area contributed by atoms with Crippen molar-refractivity contribution < 1.29 is 24.2 Å². The van der Waals surface area contributed by atoms with E-state index in [1.807, 2.05) is 48.5 Å². The van der Waals surface area contributed by atoms with E-state index in [0.29, 0.717) is 10.7 Å². The van der Waals surface area contributed by atoms with E-state index < -0.39 is 24.0 Å². The molecule has 1 unspecified atom stereocenters. The number of aliphatic carboxylic acids is 1. The van der Waals surface area contributed by atoms with Crippen LogP contribution in [0.25, 0.3) is 11.1 Å². The fourth-order valence-corrected chi connectivity index (χ4v) is 4.30. The Kier molecular flexibility index (Phi) is 7.13. The molecule has 0 aliphatic heterocycles. The summed E-state index contributed by atoms with van der Waals surface area (Å²) in [6, 6.07) is 21.4. The summed E-state index contributed by atoms with van der Waals surface area (Å²) in [5, 5.41) is 14.6. The van der Waals surface area contributed by atoms with E-state index >= 15 is 0 Å². The molecule has 0 spiro atoms. The van der Waals surface area contributed by atoms with Gasteiger partial charge in [0.1, 0.15) is 12.6 Å². The predicted octanol–water partition coefficient (Wildman–Crippen LogP) is 5.05. The highest BCUT2D eigenvalue weighted by molar-refractivity contribution is 6.30. The maximum atomic E-state index is 12.7. The number of rotatable bonds is 8. The largest absolute Gasteiger partial charge is 0.481 e. The Morgan fingerprint density at radius 1 is 0.941 bits per heavy atom. The minimum absolute atomic E-state index is 0.0847. The quantitative estimate of drug-likeness (QED) is 0.420. The molecule has 3 aromatic carbocycles. The molecule has 3 aromatic rings. The van der Waals surface area contributed by atoms with Gasteiger partial charge in [0.15, 0.2) is 0 Å². The highest BCUT2D eigenvalue weighted by atomic mass is 35.5. The van der Waals surface area contributed by atoms with Crippen molar-refractivity contribution in [3.63, 3.8) is 0 Å². The van der Waals surface area contributed by atoms with E-state index in [9.17, 15) is 14.4 Å². The van der Waals surface area contributed by atoms with Gasteiger partial charge < -0.3 is 20.5 Å². The van der Waals surface area contributed by atoms with Gasteiger partial charge in [0, 0.05) is 23.0 Å². The summed E-state index contributed by atoms with van der Waals surface area (Å²) in [5.41, 5.74) is 4.78. The highest BCUT2D eigenvalue weighted by Crippen LogP contribution is 2.44. The van der Waals surface area contributed by atoms with Crippen molar-refractivity contribution in [1.29, 1.82) is 0 Å². The molecule has 0 saturated heterocycles. The lowest BCUT2D eigenvalue weighted by molar-refractivity contribution is -0.137. The first-order valence-electron chi connectivity index (χ1n) is 10.8. The van der Waals surface area contributed by atoms with Gasteiger partial charge in [0.2, 0.25) is 5.91 Å². The van der Waals surface area contributed by atoms with Crippen LogP contribution in [0.3, 0.4) is 0 Å². The van der Waals surface area contributed by atoms with Crippen molar-refractivity contribution >= 4 is 35.3 Å². The second-order valence-electron chi connectivity index (χ2n) is 7.95. The molecule has 2 amide bonds. The first-order chi connectivity index (χ1) is 16.4. The third kappa shape index (κ3) is 5.38. The zero-order chi connectivity index (χ0) is 24.1. The van der Waals surface area contributed by atoms with Gasteiger partial charge in [-0.3, -0.25) is 9.59 Å². The predicted molar refractivity (Wildman–Crippen MR) is 129 cm³/mol. The molecule has 1 aliphatic rings. The topological polar surface area (TPSA) is 105 Å². The van der Waals surface area contributed by atoms with Crippen molar-refractivity contribution in [2.24, 2.45) is 0 Å². The van der Waals surface area contributed by atoms with Crippen LogP contribution in [0, 0.1) is 0 Å². The average molecular weight is 479 g/mol. The third-order valence-corrected chi connectivity index (χ3v) is 5.93. The number of halogens is 1. The Morgan fingerprint density at radius 3 is 2.21 bits per heavy atom. The Balaban J connectivity index is 1.43. The Bertz CT molecular complexity index is 1180. The molecule has 0 fully saturated rings. The van der Waals surface area contributed by atoms with Crippen LogP contribution in [-0.2, 0) is 14.3 Å². The van der Waals surface area contributed by atoms with E-state index in [0.717, 1.165) is 22.3 Å². The van der Waals surface area contributed by atoms with Gasteiger partial charge in [-0.1, -0.05) is 66.2 Å². The van der Waals surface area contributed by atoms with E-state index in [2.05, 4.69) is 10.6 Å². The molecule has 4 rings (SSSR count). The van der Waals surface area contributed by atoms with Gasteiger partial charge in [-0.15, -0.1) is 0 Å². The van der Waals surface area contributed by atoms with Gasteiger partial charge in [-0.05, 0) is 46.9 Å². The van der Waals surface area contributed by atoms with Crippen LogP contribution >= 0.6 is 11.6 Å². The van der Waals surface area contributed by atoms with Crippen LogP contribution < -0.4 is 10.6 Å². The summed E-state index contributed by atoms with van der Waals surface area (Å²) in [6.45, 7) is 0.0847. The SMILES string of the molecule is O=C(O)CCC(NC(=O)OCC1c2ccccc2-c2ccccc21)C(=O)Nc1cccc(Cl)c1. The Morgan fingerprint density at radius 2 is 1.59 bits per heavy atom. The Hall–Kier alpha value is -3.84. The molecule has 3 N–H and O–H groups in total. The number of hydrogen-bond acceptors (Lipinski definition) is 4. The number of amides is 2. The summed E-state index contributed by atoms with van der Waals surface area (Å²) >= 11 is 5.95. The maximum Gasteiger partial charge on any atom is 0.407 e. The van der Waals surface area contributed by atoms with Gasteiger partial charge >= 0.3 is 12.1 Å². The molecule has 34 heavy (non-hydrogen) atoms. The number of anilines is 1. The fraction of sp³-hybridized carbons (Fsp3) is 0.192. The molecule has 0 radical (unpaired) electrons. The average Bonchev–Trinajstić information content (AvgIpc) is 3.14. The van der Waals surface area contributed by atoms with Gasteiger partial charge in [-0.2, -0.15) is 0 Å². The molecule has 1 atom stereocenters. The number of hydrogen-bond donors (Lipinski definition) is 3. The second kappa shape index (κ2) is 10.4. The number of carbonyl (C=O) groups excluding carboxylic acids is 2. The molecule has 0 saturated carbocycles. The van der Waals surface area contributed by atoms with Crippen LogP contribution in [0.2, 0.25) is 5.02 Å². The molecule has 0 bridgehead atoms. The number of benzene rings is 3. The first kappa shape index (κ1) is 23.3. The number of nitrogens with one attached hydrogen (secondary N) is 2. The number of alkyl carbamates (subject to hydrolysis) is 1. The van der Waals surface area contributed by atoms with E-state index in [1.54, 1.807) is 24.3 Å². The number of ether oxygens (including phenoxy) is 1. The lowest BCUT2D eigenvalue weighted by Gasteiger charge is -2.19. The number of carboxylic acid groups (broad SMARTS) is 1. The molecule has 7 nitrogen and oxygen atoms in total. The molecular weight excluding hydrogens is 456 g/mol. The molecular formula is C26H23ClN2O5. The smallest absolute Gasteiger partial charge is 0.407 e. The van der Waals surface area contributed by atoms with Crippen molar-refractivity contribution in [2.45, 2.75) is 24.8 Å². The minimum atomic E-state index is -1.09. The van der Waals surface area contributed by atoms with Crippen molar-refractivity contribution in [1.82, 2.24) is 5.32 Å². The number of fused-ring (bicyclic) bond motifs is 3. The van der Waals surface area contributed by atoms with Gasteiger partial charge in [0.05, 0.1) is 0 Å². The van der Waals surface area contributed by atoms with Crippen LogP contribution in [0.15, 0.2) is 72.8 Å². The molecule has 0 aromatic heterocycles. The summed E-state index contributed by atoms with van der Waals surface area (Å²) in [6.07, 6.45) is -1.18. The zero-order valence-electron chi connectivity index (χ0n) is 18.2. The second-order valence-corrected chi connectivity index (χ2v) is 8.39. The van der Waals surface area contributed by atoms with Crippen molar-refractivity contribution in [3.8, 4) is 11.1 Å². The van der Waals surface area contributed by atoms with E-state index in [4.69, 9.17) is 21.4 Å². The normalized spacial score (nSPS) is 12.9. The van der Waals surface area contributed by atoms with Crippen LogP contribution in [0.1, 0.15) is 29.9 Å². The van der Waals surface area contributed by atoms with Crippen LogP contribution in [0.5, 0.6) is 0 Å². The molecule has 174 valence electrons. The molecule has 1 aliphatic carbocycles. The Labute approximate surface area is 201 Å². The number of carbonyl (C=O) groups is 3. The molecule has 8 heteroatoms. The van der Waals surface area contributed by atoms with Crippen molar-refractivity contribution in [3.05, 3.63) is 88.9 Å². The summed E-state index contributed by atoms with van der Waals surface area (Å²) in [4.78, 5) is 36.4. The standard InChI is InChI=1S/C26H23ClN2O5/c27-16-6-5-7-17(14-16)28-25(32)23(12-13-24(30)31)29-26(33)34-15-22-20-10-3-1-8-18(20)19-9-2-4-11-21(19)22/h1-11,14,22-23H,12-13,15H2,(H,28,32)(H,29,33)(H,30,31). The maximum absolute atomic E-state index is 12.7. The third-order valence-electron chi connectivity index (χ3n) is 5.69. The lowest BCUT2D eigenvalue weighted by atomic mass is 9.98. The molecule has 0 heterocycles. The van der Waals surface area contributed by atoms with E-state index in [1.165, 1.54) is 0 Å². The van der Waals surface area contributed by atoms with Crippen LogP contribution in [-0.4, -0.2) is 35.7 Å². The summed E-state index contributed by atoms with van der Waals surface area (Å²) in [7, 11) is 0. The van der Waals surface area contributed by atoms with Crippen molar-refractivity contribution in [2.75, 3.05) is 11.9 Å². The van der Waals surface area contributed by atoms with E-state index in [-0.39, 0.29) is 25.4 Å². The highest BCUT2D eigenvalue weighted by Gasteiger charge is 2.30. The first-order valence-corrected chi connectivity index (χ1v) is 11.2. The van der Waals surface area contributed by atoms with Gasteiger partial charge in [-0.25, -0.2) is 4.79 Å². The monoisotopic (exact) mass is 478 g/mol. The minimum Gasteiger partial charge on any atom is -0.481 e. The zero-order valence-corrected chi connectivity index (χ0v) is 18.9. The summed E-state index contributed by atoms with van der Waals surface area (Å²) in [5.74, 6) is -1.76. The lowest BCUT2D eigenvalue weighted by Crippen LogP contribution is -2.44. The van der Waals surface area contributed by atoms with Crippen LogP contribution in [0.4, 0.5) is 10.5 Å². The van der Waals surface area contributed by atoms with Gasteiger partial charge in [0.25, 0.3) is 0 Å². The number of carboxylic acids is 1. The fourth-order valence-electron chi connectivity index (χ4n) is 4.11.